The molecule has 0 unspecified atom stereocenters. The van der Waals surface area contributed by atoms with Crippen molar-refractivity contribution in [2.45, 2.75) is 105 Å². The van der Waals surface area contributed by atoms with Crippen molar-refractivity contribution in [3.05, 3.63) is 62.4 Å². The minimum absolute atomic E-state index is 0.00704. The summed E-state index contributed by atoms with van der Waals surface area (Å²) in [7, 11) is -2.04. The molecule has 0 fully saturated rings. The lowest BCUT2D eigenvalue weighted by Gasteiger charge is -2.35. The number of benzene rings is 1. The monoisotopic (exact) mass is 586 g/mol. The second-order valence-corrected chi connectivity index (χ2v) is 16.5. The molecule has 0 aliphatic carbocycles. The zero-order valence-corrected chi connectivity index (χ0v) is 26.9. The number of ketones is 1. The van der Waals surface area contributed by atoms with Crippen molar-refractivity contribution in [3.63, 3.8) is 0 Å². The van der Waals surface area contributed by atoms with Crippen LogP contribution in [0.5, 0.6) is 0 Å². The highest BCUT2D eigenvalue weighted by Gasteiger charge is 2.36. The van der Waals surface area contributed by atoms with Gasteiger partial charge in [-0.2, -0.15) is 0 Å². The summed E-state index contributed by atoms with van der Waals surface area (Å²) in [5.41, 5.74) is 10.3. The summed E-state index contributed by atoms with van der Waals surface area (Å²) in [5, 5.41) is 6.33. The van der Waals surface area contributed by atoms with Gasteiger partial charge in [0, 0.05) is 16.7 Å². The summed E-state index contributed by atoms with van der Waals surface area (Å²) in [4.78, 5) is 33.8. The first kappa shape index (κ1) is 33.7. The second-order valence-electron chi connectivity index (χ2n) is 10.9. The van der Waals surface area contributed by atoms with Gasteiger partial charge in [-0.1, -0.05) is 90.3 Å². The molecular weight excluding hydrogens is 541 g/mol. The van der Waals surface area contributed by atoms with E-state index in [1.54, 1.807) is 5.38 Å². The molecule has 10 heteroatoms. The number of Topliss-reactive ketones (excluding diaryl/α,β-unsaturated/α-hetero) is 1. The van der Waals surface area contributed by atoms with E-state index < -0.39 is 20.3 Å². The maximum absolute atomic E-state index is 13.3. The Morgan fingerprint density at radius 3 is 2.27 bits per heavy atom. The van der Waals surface area contributed by atoms with Crippen molar-refractivity contribution in [2.24, 2.45) is 22.9 Å². The van der Waals surface area contributed by atoms with Crippen molar-refractivity contribution in [1.82, 2.24) is 4.98 Å². The minimum Gasteiger partial charge on any atom is -0.456 e. The van der Waals surface area contributed by atoms with Crippen molar-refractivity contribution in [1.29, 1.82) is 0 Å². The van der Waals surface area contributed by atoms with Crippen LogP contribution in [0.25, 0.3) is 10.4 Å². The van der Waals surface area contributed by atoms with Gasteiger partial charge >= 0.3 is 5.97 Å². The molecule has 0 radical (unpaired) electrons. The molecule has 2 rings (SSSR count). The van der Waals surface area contributed by atoms with Crippen LogP contribution in [0.4, 0.5) is 0 Å². The first-order chi connectivity index (χ1) is 19.1. The number of ether oxygens (including phenoxy) is 1. The van der Waals surface area contributed by atoms with E-state index in [9.17, 15) is 9.59 Å². The zero-order valence-electron chi connectivity index (χ0n) is 25.1. The summed E-state index contributed by atoms with van der Waals surface area (Å²) in [6, 6.07) is 11.8. The number of aromatic nitrogens is 1. The fourth-order valence-electron chi connectivity index (χ4n) is 4.85. The topological polar surface area (TPSA) is 114 Å². The summed E-state index contributed by atoms with van der Waals surface area (Å²) < 4.78 is 12.5. The third kappa shape index (κ3) is 9.54. The highest BCUT2D eigenvalue weighted by molar-refractivity contribution is 7.09. The quantitative estimate of drug-likeness (QED) is 0.0568. The third-order valence-electron chi connectivity index (χ3n) is 8.16. The number of hydrogen-bond donors (Lipinski definition) is 0. The summed E-state index contributed by atoms with van der Waals surface area (Å²) in [5.74, 6) is -0.301. The van der Waals surface area contributed by atoms with Crippen LogP contribution in [0.15, 0.2) is 40.8 Å². The largest absolute Gasteiger partial charge is 0.456 e. The Kier molecular flexibility index (Phi) is 14.0. The minimum atomic E-state index is -2.04. The van der Waals surface area contributed by atoms with Crippen molar-refractivity contribution < 1.29 is 18.8 Å². The Morgan fingerprint density at radius 2 is 1.73 bits per heavy atom. The molecule has 0 spiro atoms. The second kappa shape index (κ2) is 16.7. The fourth-order valence-corrected chi connectivity index (χ4v) is 8.57. The van der Waals surface area contributed by atoms with E-state index in [-0.39, 0.29) is 41.9 Å². The molecule has 220 valence electrons. The molecule has 1 aromatic heterocycles. The van der Waals surface area contributed by atoms with Gasteiger partial charge in [-0.3, -0.25) is 4.79 Å². The third-order valence-corrected chi connectivity index (χ3v) is 13.7. The van der Waals surface area contributed by atoms with Crippen LogP contribution in [0.3, 0.4) is 0 Å². The van der Waals surface area contributed by atoms with E-state index >= 15 is 0 Å². The molecule has 0 aliphatic heterocycles. The smallest absolute Gasteiger partial charge is 0.358 e. The van der Waals surface area contributed by atoms with Crippen LogP contribution in [-0.4, -0.2) is 31.1 Å². The Hall–Kier alpha value is -2.52. The predicted molar refractivity (Wildman–Crippen MR) is 164 cm³/mol. The SMILES string of the molecule is CC[C@H](C)[C@H](N=[N+]=[N-])C(=O)C[C@H](C[C@@H](O[Si](CC)(CC)CC)c1nc(C(=O)OCc2ccccc2)cs1)C(C)C. The normalized spacial score (nSPS) is 14.7. The average molecular weight is 587 g/mol. The Balaban J connectivity index is 2.32. The molecule has 0 amide bonds. The number of carbonyl (C=O) groups excluding carboxylic acids is 2. The molecule has 0 aliphatic rings. The van der Waals surface area contributed by atoms with Crippen LogP contribution in [0, 0.1) is 17.8 Å². The number of esters is 1. The van der Waals surface area contributed by atoms with Gasteiger partial charge in [0.2, 0.25) is 0 Å². The first-order valence-corrected chi connectivity index (χ1v) is 17.9. The molecule has 0 saturated heterocycles. The number of rotatable bonds is 18. The molecule has 0 N–H and O–H groups in total. The molecule has 4 atom stereocenters. The van der Waals surface area contributed by atoms with E-state index in [4.69, 9.17) is 19.7 Å². The molecule has 1 aromatic carbocycles. The van der Waals surface area contributed by atoms with E-state index in [2.05, 4.69) is 44.6 Å². The number of thiazole rings is 1. The Bertz CT molecular complexity index is 1110. The number of hydrogen-bond acceptors (Lipinski definition) is 7. The molecule has 0 saturated carbocycles. The predicted octanol–water partition coefficient (Wildman–Crippen LogP) is 8.91. The summed E-state index contributed by atoms with van der Waals surface area (Å²) in [6.07, 6.45) is 1.34. The number of carbonyl (C=O) groups is 2. The van der Waals surface area contributed by atoms with Gasteiger partial charge in [-0.25, -0.2) is 9.78 Å². The van der Waals surface area contributed by atoms with Crippen LogP contribution < -0.4 is 0 Å². The van der Waals surface area contributed by atoms with Gasteiger partial charge in [0.15, 0.2) is 14.0 Å². The molecule has 8 nitrogen and oxygen atoms in total. The maximum Gasteiger partial charge on any atom is 0.358 e. The van der Waals surface area contributed by atoms with Crippen LogP contribution in [0.1, 0.15) is 94.9 Å². The van der Waals surface area contributed by atoms with E-state index in [0.29, 0.717) is 12.8 Å². The van der Waals surface area contributed by atoms with E-state index in [0.717, 1.165) is 35.1 Å². The highest BCUT2D eigenvalue weighted by atomic mass is 32.1. The van der Waals surface area contributed by atoms with Gasteiger partial charge in [0.1, 0.15) is 17.4 Å². The molecular formula is C30H46N4O4SSi. The van der Waals surface area contributed by atoms with Crippen LogP contribution in [0.2, 0.25) is 18.1 Å². The lowest BCUT2D eigenvalue weighted by atomic mass is 9.82. The van der Waals surface area contributed by atoms with Gasteiger partial charge in [-0.15, -0.1) is 11.3 Å². The van der Waals surface area contributed by atoms with Gasteiger partial charge in [0.25, 0.3) is 0 Å². The van der Waals surface area contributed by atoms with Gasteiger partial charge < -0.3 is 9.16 Å². The van der Waals surface area contributed by atoms with E-state index in [1.165, 1.54) is 11.3 Å². The lowest BCUT2D eigenvalue weighted by Crippen LogP contribution is -2.38. The lowest BCUT2D eigenvalue weighted by molar-refractivity contribution is -0.122. The van der Waals surface area contributed by atoms with Gasteiger partial charge in [0.05, 0.1) is 12.1 Å². The average Bonchev–Trinajstić information content (AvgIpc) is 3.47. The van der Waals surface area contributed by atoms with Crippen molar-refractivity contribution in [2.75, 3.05) is 0 Å². The van der Waals surface area contributed by atoms with Crippen LogP contribution in [-0.2, 0) is 20.6 Å². The molecule has 2 aromatic rings. The standard InChI is InChI=1S/C30H46N4O4SSi/c1-8-22(7)28(33-34-31)26(35)17-24(21(5)6)18-27(38-40(9-2,10-3)11-4)29-32-25(20-39-29)30(36)37-19-23-15-13-12-14-16-23/h12-16,20-22,24,27-28H,8-11,17-19H2,1-7H3/t22-,24+,27+,28-/m0/s1. The summed E-state index contributed by atoms with van der Waals surface area (Å²) in [6.45, 7) is 14.9. The number of azide groups is 1. The Labute approximate surface area is 244 Å². The van der Waals surface area contributed by atoms with E-state index in [1.807, 2.05) is 44.2 Å². The summed E-state index contributed by atoms with van der Waals surface area (Å²) >= 11 is 1.41. The Morgan fingerprint density at radius 1 is 1.07 bits per heavy atom. The van der Waals surface area contributed by atoms with Crippen LogP contribution >= 0.6 is 11.3 Å². The van der Waals surface area contributed by atoms with Crippen molar-refractivity contribution in [3.8, 4) is 0 Å². The first-order valence-electron chi connectivity index (χ1n) is 14.5. The highest BCUT2D eigenvalue weighted by Crippen LogP contribution is 2.38. The van der Waals surface area contributed by atoms with Gasteiger partial charge in [-0.05, 0) is 53.4 Å². The molecule has 1 heterocycles. The molecule has 0 bridgehead atoms. The number of nitrogens with zero attached hydrogens (tertiary/aromatic N) is 4. The maximum atomic E-state index is 13.3. The fraction of sp³-hybridized carbons (Fsp3) is 0.633. The van der Waals surface area contributed by atoms with Crippen molar-refractivity contribution >= 4 is 31.4 Å². The molecule has 40 heavy (non-hydrogen) atoms. The zero-order chi connectivity index (χ0) is 29.7.